The monoisotopic (exact) mass is 458 g/mol. The largest absolute Gasteiger partial charge is 0.416 e. The smallest absolute Gasteiger partial charge is 0.390 e. The Morgan fingerprint density at radius 1 is 1.00 bits per heavy atom. The summed E-state index contributed by atoms with van der Waals surface area (Å²) in [6.07, 6.45) is -2.86. The van der Waals surface area contributed by atoms with E-state index in [-0.39, 0.29) is 19.0 Å². The van der Waals surface area contributed by atoms with Crippen LogP contribution in [-0.2, 0) is 6.18 Å². The summed E-state index contributed by atoms with van der Waals surface area (Å²) >= 11 is 1.47. The number of nitrogens with zero attached hydrogens (tertiary/aromatic N) is 2. The van der Waals surface area contributed by atoms with Gasteiger partial charge >= 0.3 is 6.18 Å². The van der Waals surface area contributed by atoms with Crippen molar-refractivity contribution in [3.05, 3.63) is 48.0 Å². The van der Waals surface area contributed by atoms with E-state index < -0.39 is 17.8 Å². The fourth-order valence-corrected chi connectivity index (χ4v) is 5.40. The van der Waals surface area contributed by atoms with E-state index >= 15 is 0 Å². The molecule has 2 aliphatic heterocycles. The predicted octanol–water partition coefficient (Wildman–Crippen LogP) is 5.96. The fraction of sp³-hybridized carbons (Fsp3) is 0.455. The van der Waals surface area contributed by atoms with Gasteiger partial charge in [0.1, 0.15) is 0 Å². The molecular formula is C22H26ClF3N2OS. The van der Waals surface area contributed by atoms with Gasteiger partial charge in [0.15, 0.2) is 0 Å². The lowest BCUT2D eigenvalue weighted by Crippen LogP contribution is -2.43. The number of para-hydroxylation sites is 1. The Balaban J connectivity index is 0.00000256. The molecule has 0 spiro atoms. The first kappa shape index (κ1) is 23.3. The summed E-state index contributed by atoms with van der Waals surface area (Å²) in [7, 11) is 0. The highest BCUT2D eigenvalue weighted by molar-refractivity contribution is 7.99. The van der Waals surface area contributed by atoms with Gasteiger partial charge in [0, 0.05) is 28.4 Å². The number of hydrogen-bond donors (Lipinski definition) is 1. The lowest BCUT2D eigenvalue weighted by molar-refractivity contribution is -0.137. The zero-order valence-electron chi connectivity index (χ0n) is 16.9. The molecule has 0 aromatic heterocycles. The van der Waals surface area contributed by atoms with Crippen molar-refractivity contribution in [1.82, 2.24) is 4.90 Å². The van der Waals surface area contributed by atoms with Crippen molar-refractivity contribution in [2.75, 3.05) is 18.0 Å². The third-order valence-corrected chi connectivity index (χ3v) is 7.03. The summed E-state index contributed by atoms with van der Waals surface area (Å²) in [4.78, 5) is 5.89. The summed E-state index contributed by atoms with van der Waals surface area (Å²) in [6.45, 7) is 5.09. The maximum atomic E-state index is 13.3. The van der Waals surface area contributed by atoms with Gasteiger partial charge in [-0.1, -0.05) is 23.9 Å². The third-order valence-electron chi connectivity index (χ3n) is 5.90. The maximum absolute atomic E-state index is 13.3. The molecule has 3 atom stereocenters. The van der Waals surface area contributed by atoms with Crippen LogP contribution in [0.25, 0.3) is 0 Å². The Bertz CT molecular complexity index is 885. The van der Waals surface area contributed by atoms with Crippen LogP contribution in [-0.4, -0.2) is 41.3 Å². The maximum Gasteiger partial charge on any atom is 0.416 e. The van der Waals surface area contributed by atoms with E-state index in [9.17, 15) is 18.3 Å². The van der Waals surface area contributed by atoms with Gasteiger partial charge in [-0.2, -0.15) is 13.2 Å². The molecule has 2 aromatic carbocycles. The number of anilines is 2. The second-order valence-electron chi connectivity index (χ2n) is 7.99. The van der Waals surface area contributed by atoms with Gasteiger partial charge < -0.3 is 10.0 Å². The quantitative estimate of drug-likeness (QED) is 0.611. The van der Waals surface area contributed by atoms with Gasteiger partial charge in [-0.3, -0.25) is 4.90 Å². The second kappa shape index (κ2) is 8.99. The van der Waals surface area contributed by atoms with Crippen LogP contribution in [0.4, 0.5) is 24.5 Å². The Morgan fingerprint density at radius 2 is 1.63 bits per heavy atom. The van der Waals surface area contributed by atoms with Crippen LogP contribution >= 0.6 is 24.2 Å². The minimum Gasteiger partial charge on any atom is -0.390 e. The second-order valence-corrected chi connectivity index (χ2v) is 9.07. The molecule has 164 valence electrons. The molecule has 3 unspecified atom stereocenters. The van der Waals surface area contributed by atoms with Crippen LogP contribution in [0, 0.1) is 0 Å². The van der Waals surface area contributed by atoms with Crippen LogP contribution < -0.4 is 4.90 Å². The summed E-state index contributed by atoms with van der Waals surface area (Å²) < 4.78 is 40.0. The molecule has 2 aromatic rings. The molecule has 3 nitrogen and oxygen atoms in total. The zero-order chi connectivity index (χ0) is 20.8. The highest BCUT2D eigenvalue weighted by atomic mass is 35.5. The van der Waals surface area contributed by atoms with Crippen molar-refractivity contribution < 1.29 is 18.3 Å². The fourth-order valence-electron chi connectivity index (χ4n) is 4.32. The Labute approximate surface area is 185 Å². The molecule has 4 rings (SSSR count). The molecule has 2 aliphatic rings. The highest BCUT2D eigenvalue weighted by Gasteiger charge is 2.34. The lowest BCUT2D eigenvalue weighted by atomic mass is 10.1. The topological polar surface area (TPSA) is 26.7 Å². The molecule has 1 fully saturated rings. The van der Waals surface area contributed by atoms with Crippen molar-refractivity contribution in [3.63, 3.8) is 0 Å². The number of aliphatic hydroxyl groups is 1. The first-order valence-electron chi connectivity index (χ1n) is 9.93. The minimum absolute atomic E-state index is 0. The number of fused-ring (bicyclic) bond motifs is 2. The Morgan fingerprint density at radius 3 is 2.30 bits per heavy atom. The van der Waals surface area contributed by atoms with Crippen LogP contribution in [0.3, 0.4) is 0 Å². The summed E-state index contributed by atoms with van der Waals surface area (Å²) in [5, 5.41) is 10.9. The third kappa shape index (κ3) is 4.59. The molecule has 1 N–H and O–H groups in total. The van der Waals surface area contributed by atoms with E-state index in [2.05, 4.69) is 18.7 Å². The van der Waals surface area contributed by atoms with Crippen LogP contribution in [0.1, 0.15) is 32.3 Å². The van der Waals surface area contributed by atoms with Crippen molar-refractivity contribution in [1.29, 1.82) is 0 Å². The van der Waals surface area contributed by atoms with E-state index in [1.54, 1.807) is 0 Å². The van der Waals surface area contributed by atoms with Crippen molar-refractivity contribution in [3.8, 4) is 0 Å². The number of rotatable bonds is 4. The lowest BCUT2D eigenvalue weighted by Gasteiger charge is -2.36. The van der Waals surface area contributed by atoms with Gasteiger partial charge in [0.05, 0.1) is 29.6 Å². The molecule has 0 bridgehead atoms. The number of alkyl halides is 3. The number of halogens is 4. The van der Waals surface area contributed by atoms with Gasteiger partial charge in [0.2, 0.25) is 0 Å². The number of hydrogen-bond acceptors (Lipinski definition) is 4. The minimum atomic E-state index is -4.40. The molecule has 0 aliphatic carbocycles. The molecule has 2 heterocycles. The average Bonchev–Trinajstić information content (AvgIpc) is 2.98. The van der Waals surface area contributed by atoms with Crippen LogP contribution in [0.15, 0.2) is 52.3 Å². The van der Waals surface area contributed by atoms with E-state index in [0.29, 0.717) is 24.3 Å². The molecule has 30 heavy (non-hydrogen) atoms. The number of β-amino-alcohol motifs (C(OH)–C–C–N with tert-alkyl or cyclic N) is 1. The predicted molar refractivity (Wildman–Crippen MR) is 117 cm³/mol. The number of aliphatic hydroxyl groups excluding tert-OH is 1. The zero-order valence-corrected chi connectivity index (χ0v) is 18.5. The molecule has 1 saturated heterocycles. The highest BCUT2D eigenvalue weighted by Crippen LogP contribution is 2.49. The Hall–Kier alpha value is -1.41. The first-order chi connectivity index (χ1) is 13.7. The number of likely N-dealkylation sites (tertiary alicyclic amines) is 1. The SMILES string of the molecule is CC1CCC(C)N1CC(O)CN1c2ccccc2Sc2ccc(C(F)(F)F)cc21.Cl. The van der Waals surface area contributed by atoms with Gasteiger partial charge in [0.25, 0.3) is 0 Å². The van der Waals surface area contributed by atoms with E-state index in [0.717, 1.165) is 34.4 Å². The molecule has 8 heteroatoms. The summed E-state index contributed by atoms with van der Waals surface area (Å²) in [5.74, 6) is 0. The summed E-state index contributed by atoms with van der Waals surface area (Å²) in [5.41, 5.74) is 0.675. The molecule has 0 saturated carbocycles. The van der Waals surface area contributed by atoms with Crippen LogP contribution in [0.5, 0.6) is 0 Å². The first-order valence-corrected chi connectivity index (χ1v) is 10.7. The van der Waals surface area contributed by atoms with Crippen LogP contribution in [0.2, 0.25) is 0 Å². The van der Waals surface area contributed by atoms with Crippen molar-refractivity contribution in [2.24, 2.45) is 0 Å². The van der Waals surface area contributed by atoms with E-state index in [4.69, 9.17) is 0 Å². The molecular weight excluding hydrogens is 433 g/mol. The van der Waals surface area contributed by atoms with Gasteiger partial charge in [-0.15, -0.1) is 12.4 Å². The van der Waals surface area contributed by atoms with E-state index in [1.807, 2.05) is 29.2 Å². The molecule has 0 radical (unpaired) electrons. The van der Waals surface area contributed by atoms with Gasteiger partial charge in [-0.05, 0) is 57.0 Å². The molecule has 0 amide bonds. The van der Waals surface area contributed by atoms with Crippen molar-refractivity contribution >= 4 is 35.5 Å². The standard InChI is InChI=1S/C22H25F3N2OS.ClH/c1-14-7-8-15(2)26(14)12-17(28)13-27-18-5-3-4-6-20(18)29-21-10-9-16(11-19(21)27)22(23,24)25;/h3-6,9-11,14-15,17,28H,7-8,12-13H2,1-2H3;1H. The average molecular weight is 459 g/mol. The summed E-state index contributed by atoms with van der Waals surface area (Å²) in [6, 6.07) is 12.3. The Kier molecular flexibility index (Phi) is 6.97. The van der Waals surface area contributed by atoms with Crippen molar-refractivity contribution in [2.45, 2.75) is 60.8 Å². The van der Waals surface area contributed by atoms with Gasteiger partial charge in [-0.25, -0.2) is 0 Å². The number of benzene rings is 2. The van der Waals surface area contributed by atoms with E-state index in [1.165, 1.54) is 23.9 Å². The normalized spacial score (nSPS) is 22.3.